The van der Waals surface area contributed by atoms with Crippen LogP contribution in [0.3, 0.4) is 0 Å². The molecule has 0 unspecified atom stereocenters. The maximum absolute atomic E-state index is 12.2. The summed E-state index contributed by atoms with van der Waals surface area (Å²) in [4.78, 5) is 3.48. The van der Waals surface area contributed by atoms with Crippen molar-refractivity contribution in [3.8, 4) is 0 Å². The Labute approximate surface area is 84.0 Å². The second-order valence-corrected chi connectivity index (χ2v) is 4.46. The molecule has 0 aromatic carbocycles. The highest BCUT2D eigenvalue weighted by atomic mass is 32.2. The Morgan fingerprint density at radius 2 is 2.00 bits per heavy atom. The fourth-order valence-corrected chi connectivity index (χ4v) is 1.51. The number of halogens is 3. The van der Waals surface area contributed by atoms with Crippen LogP contribution in [0.15, 0.2) is 18.3 Å². The van der Waals surface area contributed by atoms with Crippen LogP contribution in [0.5, 0.6) is 0 Å². The maximum atomic E-state index is 12.2. The van der Waals surface area contributed by atoms with Gasteiger partial charge in [0.25, 0.3) is 0 Å². The quantitative estimate of drug-likeness (QED) is 0.834. The molecule has 0 saturated carbocycles. The number of nitrogens with zero attached hydrogens (tertiary/aromatic N) is 1. The highest BCUT2D eigenvalue weighted by molar-refractivity contribution is 7.88. The van der Waals surface area contributed by atoms with E-state index in [4.69, 9.17) is 0 Å². The molecule has 0 atom stereocenters. The molecule has 0 aliphatic rings. The molecule has 1 rings (SSSR count). The van der Waals surface area contributed by atoms with Crippen molar-refractivity contribution in [1.82, 2.24) is 4.98 Å². The lowest BCUT2D eigenvalue weighted by Gasteiger charge is -2.07. The Balaban J connectivity index is 3.04. The molecule has 0 radical (unpaired) electrons. The van der Waals surface area contributed by atoms with Gasteiger partial charge in [-0.05, 0) is 12.1 Å². The molecule has 4 nitrogen and oxygen atoms in total. The molecule has 0 bridgehead atoms. The van der Waals surface area contributed by atoms with Gasteiger partial charge in [-0.15, -0.1) is 0 Å². The average molecular weight is 240 g/mol. The molecule has 2 N–H and O–H groups in total. The number of nitrogens with two attached hydrogens (primary N) is 1. The Morgan fingerprint density at radius 3 is 2.47 bits per heavy atom. The highest BCUT2D eigenvalue weighted by Crippen LogP contribution is 2.29. The molecular weight excluding hydrogens is 233 g/mol. The molecule has 0 amide bonds. The van der Waals surface area contributed by atoms with Crippen LogP contribution in [0.4, 0.5) is 13.2 Å². The average Bonchev–Trinajstić information content (AvgIpc) is 1.99. The Hall–Kier alpha value is -1.15. The zero-order valence-electron chi connectivity index (χ0n) is 7.32. The van der Waals surface area contributed by atoms with Gasteiger partial charge in [0, 0.05) is 6.20 Å². The van der Waals surface area contributed by atoms with Crippen molar-refractivity contribution in [1.29, 1.82) is 0 Å². The number of hydrogen-bond donors (Lipinski definition) is 1. The smallest absolute Gasteiger partial charge is 0.260 e. The molecule has 1 aromatic heterocycles. The zero-order valence-corrected chi connectivity index (χ0v) is 8.14. The minimum atomic E-state index is -4.52. The summed E-state index contributed by atoms with van der Waals surface area (Å²) < 4.78 is 57.8. The number of hydrogen-bond acceptors (Lipinski definition) is 3. The number of sulfonamides is 1. The van der Waals surface area contributed by atoms with E-state index in [1.165, 1.54) is 0 Å². The van der Waals surface area contributed by atoms with Crippen molar-refractivity contribution in [2.75, 3.05) is 0 Å². The van der Waals surface area contributed by atoms with Crippen molar-refractivity contribution < 1.29 is 21.6 Å². The molecular formula is C7H7F3N2O2S. The van der Waals surface area contributed by atoms with E-state index in [1.54, 1.807) is 0 Å². The van der Waals surface area contributed by atoms with Crippen LogP contribution in [0.25, 0.3) is 0 Å². The third-order valence-electron chi connectivity index (χ3n) is 1.49. The normalized spacial score (nSPS) is 12.8. The minimum Gasteiger partial charge on any atom is -0.260 e. The van der Waals surface area contributed by atoms with Gasteiger partial charge in [-0.1, -0.05) is 0 Å². The van der Waals surface area contributed by atoms with Gasteiger partial charge in [0.1, 0.15) is 5.75 Å². The van der Waals surface area contributed by atoms with Crippen LogP contribution in [-0.4, -0.2) is 13.4 Å². The van der Waals surface area contributed by atoms with Gasteiger partial charge >= 0.3 is 6.18 Å². The molecule has 8 heteroatoms. The zero-order chi connectivity index (χ0) is 11.7. The monoisotopic (exact) mass is 240 g/mol. The van der Waals surface area contributed by atoms with Crippen LogP contribution < -0.4 is 5.14 Å². The van der Waals surface area contributed by atoms with Crippen molar-refractivity contribution >= 4 is 10.0 Å². The predicted octanol–water partition coefficient (Wildman–Crippen LogP) is 0.889. The van der Waals surface area contributed by atoms with Crippen molar-refractivity contribution in [2.45, 2.75) is 11.9 Å². The van der Waals surface area contributed by atoms with E-state index in [0.29, 0.717) is 6.07 Å². The molecule has 1 aromatic rings. The summed E-state index contributed by atoms with van der Waals surface area (Å²) in [6, 6.07) is 1.41. The first-order valence-electron chi connectivity index (χ1n) is 3.71. The molecule has 0 aliphatic carbocycles. The first-order chi connectivity index (χ1) is 6.68. The van der Waals surface area contributed by atoms with Crippen molar-refractivity contribution in [3.05, 3.63) is 29.6 Å². The first kappa shape index (κ1) is 11.9. The van der Waals surface area contributed by atoms with Gasteiger partial charge < -0.3 is 0 Å². The summed E-state index contributed by atoms with van der Waals surface area (Å²) in [6.07, 6.45) is -3.63. The Kier molecular flexibility index (Phi) is 3.00. The summed E-state index contributed by atoms with van der Waals surface area (Å²) >= 11 is 0. The predicted molar refractivity (Wildman–Crippen MR) is 46.1 cm³/mol. The number of rotatable bonds is 2. The largest absolute Gasteiger partial charge is 0.416 e. The number of primary sulfonamides is 1. The van der Waals surface area contributed by atoms with Gasteiger partial charge in [0.05, 0.1) is 11.3 Å². The van der Waals surface area contributed by atoms with Crippen LogP contribution in [0.2, 0.25) is 0 Å². The van der Waals surface area contributed by atoms with Gasteiger partial charge in [0.2, 0.25) is 10.0 Å². The highest BCUT2D eigenvalue weighted by Gasteiger charge is 2.30. The van der Waals surface area contributed by atoms with Gasteiger partial charge in [-0.25, -0.2) is 13.6 Å². The second-order valence-electron chi connectivity index (χ2n) is 2.84. The van der Waals surface area contributed by atoms with E-state index < -0.39 is 27.5 Å². The molecule has 1 heterocycles. The van der Waals surface area contributed by atoms with Crippen molar-refractivity contribution in [2.24, 2.45) is 5.14 Å². The lowest BCUT2D eigenvalue weighted by molar-refractivity contribution is -0.137. The fraction of sp³-hybridized carbons (Fsp3) is 0.286. The van der Waals surface area contributed by atoms with Gasteiger partial charge in [-0.2, -0.15) is 13.2 Å². The third-order valence-corrected chi connectivity index (χ3v) is 2.19. The van der Waals surface area contributed by atoms with Crippen LogP contribution in [-0.2, 0) is 22.0 Å². The van der Waals surface area contributed by atoms with E-state index in [-0.39, 0.29) is 5.69 Å². The SMILES string of the molecule is NS(=O)(=O)Cc1cc(C(F)(F)F)ccn1. The van der Waals surface area contributed by atoms with E-state index in [1.807, 2.05) is 0 Å². The molecule has 0 aliphatic heterocycles. The summed E-state index contributed by atoms with van der Waals surface area (Å²) in [6.45, 7) is 0. The summed E-state index contributed by atoms with van der Waals surface area (Å²) in [7, 11) is -3.87. The topological polar surface area (TPSA) is 73.1 Å². The Bertz CT molecular complexity index is 456. The summed E-state index contributed by atoms with van der Waals surface area (Å²) in [5.41, 5.74) is -1.18. The minimum absolute atomic E-state index is 0.229. The summed E-state index contributed by atoms with van der Waals surface area (Å²) in [5, 5.41) is 4.68. The second kappa shape index (κ2) is 3.78. The number of pyridine rings is 1. The molecule has 0 saturated heterocycles. The van der Waals surface area contributed by atoms with Crippen LogP contribution in [0, 0.1) is 0 Å². The standard InChI is InChI=1S/C7H7F3N2O2S/c8-7(9,10)5-1-2-12-6(3-5)4-15(11,13)14/h1-3H,4H2,(H2,11,13,14). The molecule has 15 heavy (non-hydrogen) atoms. The number of alkyl halides is 3. The number of aromatic nitrogens is 1. The van der Waals surface area contributed by atoms with E-state index in [0.717, 1.165) is 12.3 Å². The first-order valence-corrected chi connectivity index (χ1v) is 5.42. The summed E-state index contributed by atoms with van der Waals surface area (Å²) in [5.74, 6) is -0.711. The molecule has 0 spiro atoms. The van der Waals surface area contributed by atoms with Crippen LogP contribution in [0.1, 0.15) is 11.3 Å². The van der Waals surface area contributed by atoms with E-state index >= 15 is 0 Å². The lowest BCUT2D eigenvalue weighted by Crippen LogP contribution is -2.16. The van der Waals surface area contributed by atoms with Crippen LogP contribution >= 0.6 is 0 Å². The maximum Gasteiger partial charge on any atom is 0.416 e. The van der Waals surface area contributed by atoms with Gasteiger partial charge in [0.15, 0.2) is 0 Å². The van der Waals surface area contributed by atoms with E-state index in [9.17, 15) is 21.6 Å². The Morgan fingerprint density at radius 1 is 1.40 bits per heavy atom. The van der Waals surface area contributed by atoms with Gasteiger partial charge in [-0.3, -0.25) is 4.98 Å². The van der Waals surface area contributed by atoms with Crippen molar-refractivity contribution in [3.63, 3.8) is 0 Å². The molecule has 0 fully saturated rings. The third kappa shape index (κ3) is 3.84. The van der Waals surface area contributed by atoms with E-state index in [2.05, 4.69) is 10.1 Å². The fourth-order valence-electron chi connectivity index (χ4n) is 0.940. The lowest BCUT2D eigenvalue weighted by atomic mass is 10.2. The molecule has 84 valence electrons.